The highest BCUT2D eigenvalue weighted by Gasteiger charge is 2.31. The number of ether oxygens (including phenoxy) is 1. The Morgan fingerprint density at radius 1 is 1.15 bits per heavy atom. The van der Waals surface area contributed by atoms with Gasteiger partial charge in [-0.15, -0.1) is 13.2 Å². The van der Waals surface area contributed by atoms with E-state index < -0.39 is 12.5 Å². The summed E-state index contributed by atoms with van der Waals surface area (Å²) in [7, 11) is 0. The van der Waals surface area contributed by atoms with E-state index in [9.17, 15) is 18.3 Å². The number of aromatic nitrogens is 1. The highest BCUT2D eigenvalue weighted by atomic mass is 19.4. The standard InChI is InChI=1S/C14H14F3NO2/c1-8(9(2)19)12-5-3-10-7-11(20-14(15,16)17)4-6-13(10)18-12/h3-9,19H,1-2H3. The molecule has 1 aromatic carbocycles. The number of hydrogen-bond acceptors (Lipinski definition) is 3. The average Bonchev–Trinajstić information content (AvgIpc) is 2.35. The van der Waals surface area contributed by atoms with Gasteiger partial charge < -0.3 is 9.84 Å². The zero-order valence-electron chi connectivity index (χ0n) is 11.0. The molecule has 2 aromatic rings. The molecule has 3 nitrogen and oxygen atoms in total. The summed E-state index contributed by atoms with van der Waals surface area (Å²) in [5, 5.41) is 10.1. The fourth-order valence-corrected chi connectivity index (χ4v) is 1.82. The molecule has 0 aliphatic carbocycles. The molecule has 108 valence electrons. The summed E-state index contributed by atoms with van der Waals surface area (Å²) in [6.07, 6.45) is -5.25. The van der Waals surface area contributed by atoms with Gasteiger partial charge in [-0.2, -0.15) is 0 Å². The first-order valence-corrected chi connectivity index (χ1v) is 6.11. The molecule has 20 heavy (non-hydrogen) atoms. The largest absolute Gasteiger partial charge is 0.573 e. The quantitative estimate of drug-likeness (QED) is 0.936. The van der Waals surface area contributed by atoms with Crippen molar-refractivity contribution in [2.45, 2.75) is 32.2 Å². The minimum Gasteiger partial charge on any atom is -0.406 e. The van der Waals surface area contributed by atoms with E-state index in [2.05, 4.69) is 9.72 Å². The fraction of sp³-hybridized carbons (Fsp3) is 0.357. The van der Waals surface area contributed by atoms with Crippen molar-refractivity contribution in [1.82, 2.24) is 4.98 Å². The normalized spacial score (nSPS) is 15.1. The fourth-order valence-electron chi connectivity index (χ4n) is 1.82. The number of aliphatic hydroxyl groups is 1. The van der Waals surface area contributed by atoms with Crippen molar-refractivity contribution in [3.05, 3.63) is 36.0 Å². The van der Waals surface area contributed by atoms with Crippen LogP contribution in [0.25, 0.3) is 10.9 Å². The van der Waals surface area contributed by atoms with E-state index in [1.165, 1.54) is 18.2 Å². The Morgan fingerprint density at radius 3 is 2.45 bits per heavy atom. The van der Waals surface area contributed by atoms with Crippen LogP contribution in [0.1, 0.15) is 25.5 Å². The molecule has 2 atom stereocenters. The molecule has 1 heterocycles. The monoisotopic (exact) mass is 285 g/mol. The summed E-state index contributed by atoms with van der Waals surface area (Å²) in [6, 6.07) is 7.33. The molecule has 1 aromatic heterocycles. The summed E-state index contributed by atoms with van der Waals surface area (Å²) < 4.78 is 40.3. The van der Waals surface area contributed by atoms with Crippen LogP contribution in [0.15, 0.2) is 30.3 Å². The lowest BCUT2D eigenvalue weighted by Crippen LogP contribution is -2.17. The molecule has 0 radical (unpaired) electrons. The maximum absolute atomic E-state index is 12.1. The number of rotatable bonds is 3. The van der Waals surface area contributed by atoms with Crippen molar-refractivity contribution in [3.63, 3.8) is 0 Å². The first-order valence-electron chi connectivity index (χ1n) is 6.11. The molecule has 0 saturated carbocycles. The predicted octanol–water partition coefficient (Wildman–Crippen LogP) is 3.62. The molecular formula is C14H14F3NO2. The van der Waals surface area contributed by atoms with Gasteiger partial charge in [0.05, 0.1) is 11.6 Å². The molecule has 2 unspecified atom stereocenters. The maximum Gasteiger partial charge on any atom is 0.573 e. The van der Waals surface area contributed by atoms with E-state index in [4.69, 9.17) is 0 Å². The van der Waals surface area contributed by atoms with Crippen molar-refractivity contribution in [2.24, 2.45) is 0 Å². The van der Waals surface area contributed by atoms with Crippen molar-refractivity contribution in [3.8, 4) is 5.75 Å². The van der Waals surface area contributed by atoms with E-state index in [-0.39, 0.29) is 11.7 Å². The number of hydrogen-bond donors (Lipinski definition) is 1. The van der Waals surface area contributed by atoms with Gasteiger partial charge in [0, 0.05) is 17.0 Å². The van der Waals surface area contributed by atoms with Crippen LogP contribution in [0, 0.1) is 0 Å². The zero-order chi connectivity index (χ0) is 14.9. The van der Waals surface area contributed by atoms with Crippen LogP contribution >= 0.6 is 0 Å². The van der Waals surface area contributed by atoms with Gasteiger partial charge >= 0.3 is 6.36 Å². The Labute approximate surface area is 114 Å². The van der Waals surface area contributed by atoms with Gasteiger partial charge in [-0.25, -0.2) is 0 Å². The Morgan fingerprint density at radius 2 is 1.85 bits per heavy atom. The van der Waals surface area contributed by atoms with Crippen LogP contribution in [0.2, 0.25) is 0 Å². The molecule has 0 fully saturated rings. The molecule has 0 aliphatic heterocycles. The van der Waals surface area contributed by atoms with Crippen LogP contribution in [0.4, 0.5) is 13.2 Å². The third-order valence-electron chi connectivity index (χ3n) is 3.11. The lowest BCUT2D eigenvalue weighted by atomic mass is 10.0. The molecular weight excluding hydrogens is 271 g/mol. The van der Waals surface area contributed by atoms with Crippen molar-refractivity contribution in [1.29, 1.82) is 0 Å². The molecule has 1 N–H and O–H groups in total. The predicted molar refractivity (Wildman–Crippen MR) is 68.5 cm³/mol. The molecule has 0 saturated heterocycles. The van der Waals surface area contributed by atoms with Crippen molar-refractivity contribution >= 4 is 10.9 Å². The van der Waals surface area contributed by atoms with Gasteiger partial charge in [0.2, 0.25) is 0 Å². The van der Waals surface area contributed by atoms with E-state index in [0.29, 0.717) is 16.6 Å². The van der Waals surface area contributed by atoms with Gasteiger partial charge in [-0.1, -0.05) is 13.0 Å². The summed E-state index contributed by atoms with van der Waals surface area (Å²) in [6.45, 7) is 3.50. The molecule has 2 rings (SSSR count). The Bertz CT molecular complexity index is 611. The second kappa shape index (κ2) is 5.28. The van der Waals surface area contributed by atoms with Crippen LogP contribution < -0.4 is 4.74 Å². The first kappa shape index (κ1) is 14.6. The summed E-state index contributed by atoms with van der Waals surface area (Å²) in [5.41, 5.74) is 1.25. The highest BCUT2D eigenvalue weighted by Crippen LogP contribution is 2.27. The zero-order valence-corrected chi connectivity index (χ0v) is 11.0. The van der Waals surface area contributed by atoms with Crippen LogP contribution in [0.3, 0.4) is 0 Å². The SMILES string of the molecule is CC(O)C(C)c1ccc2cc(OC(F)(F)F)ccc2n1. The van der Waals surface area contributed by atoms with Crippen LogP contribution in [-0.4, -0.2) is 22.6 Å². The van der Waals surface area contributed by atoms with E-state index >= 15 is 0 Å². The number of halogens is 3. The molecule has 6 heteroatoms. The third-order valence-corrected chi connectivity index (χ3v) is 3.11. The number of fused-ring (bicyclic) bond motifs is 1. The lowest BCUT2D eigenvalue weighted by Gasteiger charge is -2.15. The first-order chi connectivity index (χ1) is 9.26. The highest BCUT2D eigenvalue weighted by molar-refractivity contribution is 5.80. The molecule has 0 aliphatic rings. The number of aliphatic hydroxyl groups excluding tert-OH is 1. The van der Waals surface area contributed by atoms with Gasteiger partial charge in [0.15, 0.2) is 0 Å². The number of nitrogens with zero attached hydrogens (tertiary/aromatic N) is 1. The Balaban J connectivity index is 2.35. The van der Waals surface area contributed by atoms with E-state index in [1.807, 2.05) is 6.92 Å². The Hall–Kier alpha value is -1.82. The van der Waals surface area contributed by atoms with Gasteiger partial charge in [-0.05, 0) is 31.2 Å². The minimum atomic E-state index is -4.71. The van der Waals surface area contributed by atoms with Gasteiger partial charge in [0.25, 0.3) is 0 Å². The number of pyridine rings is 1. The number of benzene rings is 1. The van der Waals surface area contributed by atoms with E-state index in [0.717, 1.165) is 0 Å². The summed E-state index contributed by atoms with van der Waals surface area (Å²) in [5.74, 6) is -0.423. The van der Waals surface area contributed by atoms with Crippen molar-refractivity contribution in [2.75, 3.05) is 0 Å². The number of alkyl halides is 3. The van der Waals surface area contributed by atoms with Gasteiger partial charge in [-0.3, -0.25) is 4.98 Å². The third kappa shape index (κ3) is 3.39. The Kier molecular flexibility index (Phi) is 3.85. The maximum atomic E-state index is 12.1. The van der Waals surface area contributed by atoms with E-state index in [1.54, 1.807) is 19.1 Å². The average molecular weight is 285 g/mol. The minimum absolute atomic E-state index is 0.148. The summed E-state index contributed by atoms with van der Waals surface area (Å²) in [4.78, 5) is 4.34. The summed E-state index contributed by atoms with van der Waals surface area (Å²) >= 11 is 0. The smallest absolute Gasteiger partial charge is 0.406 e. The topological polar surface area (TPSA) is 42.4 Å². The van der Waals surface area contributed by atoms with Crippen molar-refractivity contribution < 1.29 is 23.0 Å². The van der Waals surface area contributed by atoms with Crippen LogP contribution in [-0.2, 0) is 0 Å². The lowest BCUT2D eigenvalue weighted by molar-refractivity contribution is -0.274. The molecule has 0 amide bonds. The molecule has 0 bridgehead atoms. The van der Waals surface area contributed by atoms with Crippen LogP contribution in [0.5, 0.6) is 5.75 Å². The van der Waals surface area contributed by atoms with Gasteiger partial charge in [0.1, 0.15) is 5.75 Å². The molecule has 0 spiro atoms. The second-order valence-electron chi connectivity index (χ2n) is 4.67. The second-order valence-corrected chi connectivity index (χ2v) is 4.67.